The van der Waals surface area contributed by atoms with Crippen LogP contribution in [0.15, 0.2) is 65.8 Å². The van der Waals surface area contributed by atoms with Gasteiger partial charge in [0.1, 0.15) is 12.3 Å². The van der Waals surface area contributed by atoms with Gasteiger partial charge in [-0.25, -0.2) is 8.42 Å². The summed E-state index contributed by atoms with van der Waals surface area (Å²) in [6.45, 7) is 1.84. The number of aldehydes is 1. The van der Waals surface area contributed by atoms with Gasteiger partial charge in [-0.15, -0.1) is 0 Å². The van der Waals surface area contributed by atoms with Crippen LogP contribution < -0.4 is 10.6 Å². The molecule has 1 unspecified atom stereocenters. The number of rotatable bonds is 8. The number of amides is 2. The summed E-state index contributed by atoms with van der Waals surface area (Å²) >= 11 is 0. The van der Waals surface area contributed by atoms with Crippen LogP contribution >= 0.6 is 0 Å². The van der Waals surface area contributed by atoms with E-state index in [0.29, 0.717) is 18.5 Å². The number of aryl methyl sites for hydroxylation is 2. The van der Waals surface area contributed by atoms with Crippen molar-refractivity contribution in [3.63, 3.8) is 0 Å². The number of carbonyl (C=O) groups excluding carboxylic acids is 3. The maximum absolute atomic E-state index is 13.1. The highest BCUT2D eigenvalue weighted by Gasteiger charge is 2.36. The van der Waals surface area contributed by atoms with Gasteiger partial charge in [-0.1, -0.05) is 29.8 Å². The summed E-state index contributed by atoms with van der Waals surface area (Å²) < 4.78 is 27.0. The van der Waals surface area contributed by atoms with Crippen molar-refractivity contribution >= 4 is 33.8 Å². The lowest BCUT2D eigenvalue weighted by Crippen LogP contribution is -2.50. The summed E-state index contributed by atoms with van der Waals surface area (Å²) in [5.41, 5.74) is 2.37. The molecule has 0 aromatic heterocycles. The smallest absolute Gasteiger partial charge is 0.264 e. The molecule has 8 nitrogen and oxygen atoms in total. The average Bonchev–Trinajstić information content (AvgIpc) is 2.75. The van der Waals surface area contributed by atoms with Gasteiger partial charge in [0.2, 0.25) is 11.8 Å². The minimum atomic E-state index is -4.02. The van der Waals surface area contributed by atoms with Crippen LogP contribution in [0.1, 0.15) is 24.0 Å². The molecule has 1 aliphatic rings. The predicted octanol–water partition coefficient (Wildman–Crippen LogP) is 2.12. The zero-order valence-electron chi connectivity index (χ0n) is 16.9. The minimum absolute atomic E-state index is 0.0359. The Morgan fingerprint density at radius 2 is 1.81 bits per heavy atom. The molecule has 0 aliphatic carbocycles. The number of anilines is 1. The second-order valence-electron chi connectivity index (χ2n) is 7.14. The second-order valence-corrected chi connectivity index (χ2v) is 8.99. The average molecular weight is 442 g/mol. The fourth-order valence-electron chi connectivity index (χ4n) is 3.14. The number of hydrogen-bond acceptors (Lipinski definition) is 5. The summed E-state index contributed by atoms with van der Waals surface area (Å²) in [5.74, 6) is -1.09. The third-order valence-electron chi connectivity index (χ3n) is 4.82. The van der Waals surface area contributed by atoms with E-state index in [0.717, 1.165) is 21.7 Å². The molecule has 0 saturated heterocycles. The number of nitrogens with one attached hydrogen (secondary N) is 2. The molecule has 2 amide bonds. The van der Waals surface area contributed by atoms with Crippen LogP contribution in [0.25, 0.3) is 0 Å². The summed E-state index contributed by atoms with van der Waals surface area (Å²) in [6.07, 6.45) is 4.00. The molecule has 0 bridgehead atoms. The first-order valence-corrected chi connectivity index (χ1v) is 11.1. The van der Waals surface area contributed by atoms with Crippen molar-refractivity contribution in [3.8, 4) is 0 Å². The highest BCUT2D eigenvalue weighted by atomic mass is 32.2. The second kappa shape index (κ2) is 9.57. The molecule has 1 aliphatic heterocycles. The first-order chi connectivity index (χ1) is 14.8. The Kier molecular flexibility index (Phi) is 6.86. The molecule has 0 fully saturated rings. The summed E-state index contributed by atoms with van der Waals surface area (Å²) in [5, 5.41) is 5.14. The summed E-state index contributed by atoms with van der Waals surface area (Å²) in [4.78, 5) is 35.5. The molecule has 0 saturated carbocycles. The standard InChI is InChI=1S/C22H23N3O5S/c1-16-4-10-19(11-5-16)31(29,30)25-13-12-23-22(28)20(25)15-21(27)24-18-8-6-17(7-9-18)3-2-14-26/h4-14,20H,2-3,15H2,1H3,(H,23,28)(H,24,27). The van der Waals surface area contributed by atoms with Gasteiger partial charge >= 0.3 is 0 Å². The molecular weight excluding hydrogens is 418 g/mol. The molecule has 0 radical (unpaired) electrons. The fourth-order valence-corrected chi connectivity index (χ4v) is 4.59. The Balaban J connectivity index is 1.74. The van der Waals surface area contributed by atoms with E-state index in [2.05, 4.69) is 10.6 Å². The molecule has 9 heteroatoms. The zero-order valence-corrected chi connectivity index (χ0v) is 17.8. The molecular formula is C22H23N3O5S. The maximum Gasteiger partial charge on any atom is 0.264 e. The number of hydrogen-bond donors (Lipinski definition) is 2. The van der Waals surface area contributed by atoms with E-state index in [1.165, 1.54) is 24.5 Å². The van der Waals surface area contributed by atoms with Gasteiger partial charge < -0.3 is 15.4 Å². The quantitative estimate of drug-likeness (QED) is 0.610. The molecule has 0 spiro atoms. The van der Waals surface area contributed by atoms with Crippen molar-refractivity contribution in [3.05, 3.63) is 72.1 Å². The monoisotopic (exact) mass is 441 g/mol. The Bertz CT molecular complexity index is 1090. The van der Waals surface area contributed by atoms with Crippen LogP contribution in [0.5, 0.6) is 0 Å². The number of benzene rings is 2. The van der Waals surface area contributed by atoms with E-state index in [1.807, 2.05) is 6.92 Å². The van der Waals surface area contributed by atoms with Crippen molar-refractivity contribution < 1.29 is 22.8 Å². The van der Waals surface area contributed by atoms with E-state index in [1.54, 1.807) is 36.4 Å². The molecule has 162 valence electrons. The van der Waals surface area contributed by atoms with Gasteiger partial charge in [0.15, 0.2) is 0 Å². The molecule has 1 heterocycles. The van der Waals surface area contributed by atoms with Gasteiger partial charge in [-0.05, 0) is 43.2 Å². The zero-order chi connectivity index (χ0) is 22.4. The number of nitrogens with zero attached hydrogens (tertiary/aromatic N) is 1. The van der Waals surface area contributed by atoms with Crippen molar-refractivity contribution in [1.82, 2.24) is 9.62 Å². The predicted molar refractivity (Wildman–Crippen MR) is 115 cm³/mol. The molecule has 2 N–H and O–H groups in total. The van der Waals surface area contributed by atoms with Crippen molar-refractivity contribution in [2.45, 2.75) is 37.1 Å². The van der Waals surface area contributed by atoms with E-state index in [-0.39, 0.29) is 11.3 Å². The van der Waals surface area contributed by atoms with Crippen molar-refractivity contribution in [1.29, 1.82) is 0 Å². The lowest BCUT2D eigenvalue weighted by atomic mass is 10.1. The summed E-state index contributed by atoms with van der Waals surface area (Å²) in [7, 11) is -4.02. The highest BCUT2D eigenvalue weighted by Crippen LogP contribution is 2.23. The van der Waals surface area contributed by atoms with E-state index < -0.39 is 27.9 Å². The van der Waals surface area contributed by atoms with Crippen LogP contribution in [0.2, 0.25) is 0 Å². The Morgan fingerprint density at radius 1 is 1.13 bits per heavy atom. The summed E-state index contributed by atoms with van der Waals surface area (Å²) in [6, 6.07) is 12.0. The van der Waals surface area contributed by atoms with E-state index in [9.17, 15) is 22.8 Å². The van der Waals surface area contributed by atoms with Crippen LogP contribution in [-0.4, -0.2) is 36.9 Å². The SMILES string of the molecule is Cc1ccc(S(=O)(=O)N2C=CNC(=O)C2CC(=O)Nc2ccc(CCC=O)cc2)cc1. The third-order valence-corrected chi connectivity index (χ3v) is 6.62. The molecule has 3 rings (SSSR count). The van der Waals surface area contributed by atoms with Gasteiger partial charge in [0.25, 0.3) is 10.0 Å². The molecule has 31 heavy (non-hydrogen) atoms. The van der Waals surface area contributed by atoms with Gasteiger partial charge in [-0.2, -0.15) is 0 Å². The first kappa shape index (κ1) is 22.2. The Labute approximate surface area is 181 Å². The van der Waals surface area contributed by atoms with Crippen molar-refractivity contribution in [2.24, 2.45) is 0 Å². The van der Waals surface area contributed by atoms with Crippen molar-refractivity contribution in [2.75, 3.05) is 5.32 Å². The third kappa shape index (κ3) is 5.37. The van der Waals surface area contributed by atoms with Gasteiger partial charge in [0.05, 0.1) is 11.3 Å². The van der Waals surface area contributed by atoms with Gasteiger partial charge in [0, 0.05) is 24.5 Å². The molecule has 2 aromatic rings. The largest absolute Gasteiger partial charge is 0.329 e. The number of carbonyl (C=O) groups is 3. The van der Waals surface area contributed by atoms with Crippen LogP contribution in [-0.2, 0) is 30.8 Å². The lowest BCUT2D eigenvalue weighted by molar-refractivity contribution is -0.127. The lowest BCUT2D eigenvalue weighted by Gasteiger charge is -2.31. The molecule has 2 aromatic carbocycles. The first-order valence-electron chi connectivity index (χ1n) is 9.71. The van der Waals surface area contributed by atoms with E-state index >= 15 is 0 Å². The molecule has 1 atom stereocenters. The minimum Gasteiger partial charge on any atom is -0.329 e. The Hall–Kier alpha value is -3.46. The topological polar surface area (TPSA) is 113 Å². The van der Waals surface area contributed by atoms with Crippen LogP contribution in [0.3, 0.4) is 0 Å². The Morgan fingerprint density at radius 3 is 2.45 bits per heavy atom. The fraction of sp³-hybridized carbons (Fsp3) is 0.227. The highest BCUT2D eigenvalue weighted by molar-refractivity contribution is 7.89. The van der Waals surface area contributed by atoms with Gasteiger partial charge in [-0.3, -0.25) is 13.9 Å². The number of sulfonamides is 1. The maximum atomic E-state index is 13.1. The van der Waals surface area contributed by atoms with Crippen LogP contribution in [0, 0.1) is 6.92 Å². The normalized spacial score (nSPS) is 16.0. The van der Waals surface area contributed by atoms with E-state index in [4.69, 9.17) is 0 Å². The van der Waals surface area contributed by atoms with Crippen LogP contribution in [0.4, 0.5) is 5.69 Å².